The first-order valence-electron chi connectivity index (χ1n) is 6.02. The van der Waals surface area contributed by atoms with Crippen molar-refractivity contribution in [1.82, 2.24) is 4.90 Å². The van der Waals surface area contributed by atoms with Crippen molar-refractivity contribution in [3.63, 3.8) is 0 Å². The molecule has 0 radical (unpaired) electrons. The number of hydrogen-bond donors (Lipinski definition) is 1. The molecule has 0 aliphatic heterocycles. The summed E-state index contributed by atoms with van der Waals surface area (Å²) < 4.78 is 33.4. The molecule has 0 heterocycles. The Labute approximate surface area is 112 Å². The van der Waals surface area contributed by atoms with Gasteiger partial charge in [-0.3, -0.25) is 4.90 Å². The zero-order chi connectivity index (χ0) is 14.3. The highest BCUT2D eigenvalue weighted by Crippen LogP contribution is 2.22. The smallest absolute Gasteiger partial charge is 0.387 e. The Morgan fingerprint density at radius 1 is 1.26 bits per heavy atom. The number of likely N-dealkylation sites (N-methyl/N-ethyl adjacent to an activating group) is 1. The van der Waals surface area contributed by atoms with E-state index in [0.29, 0.717) is 13.2 Å². The molecule has 0 aliphatic carbocycles. The first kappa shape index (κ1) is 15.8. The molecule has 0 aromatic heterocycles. The number of rotatable bonds is 8. The van der Waals surface area contributed by atoms with E-state index in [0.717, 1.165) is 12.1 Å². The molecule has 1 aromatic rings. The third kappa shape index (κ3) is 5.10. The van der Waals surface area contributed by atoms with Crippen molar-refractivity contribution >= 4 is 0 Å². The maximum Gasteiger partial charge on any atom is 0.387 e. The molecule has 108 valence electrons. The molecule has 0 amide bonds. The van der Waals surface area contributed by atoms with Crippen molar-refractivity contribution in [2.24, 2.45) is 5.73 Å². The number of alkyl halides is 2. The van der Waals surface area contributed by atoms with Crippen molar-refractivity contribution in [1.29, 1.82) is 0 Å². The van der Waals surface area contributed by atoms with Gasteiger partial charge in [-0.05, 0) is 24.7 Å². The maximum absolute atomic E-state index is 12.0. The predicted molar refractivity (Wildman–Crippen MR) is 69.4 cm³/mol. The van der Waals surface area contributed by atoms with E-state index in [2.05, 4.69) is 9.64 Å². The fourth-order valence-electron chi connectivity index (χ4n) is 1.83. The van der Waals surface area contributed by atoms with E-state index < -0.39 is 6.61 Å². The monoisotopic (exact) mass is 274 g/mol. The Morgan fingerprint density at radius 3 is 2.37 bits per heavy atom. The van der Waals surface area contributed by atoms with Crippen LogP contribution < -0.4 is 10.5 Å². The molecule has 4 nitrogen and oxygen atoms in total. The zero-order valence-electron chi connectivity index (χ0n) is 11.2. The minimum absolute atomic E-state index is 0.0238. The van der Waals surface area contributed by atoms with E-state index in [9.17, 15) is 8.78 Å². The van der Waals surface area contributed by atoms with Gasteiger partial charge in [-0.25, -0.2) is 0 Å². The van der Waals surface area contributed by atoms with Crippen molar-refractivity contribution in [2.75, 3.05) is 33.9 Å². The SMILES string of the molecule is COCCN(C)C(CN)c1ccc(OC(F)F)cc1. The lowest BCUT2D eigenvalue weighted by molar-refractivity contribution is -0.0498. The quantitative estimate of drug-likeness (QED) is 0.786. The van der Waals surface area contributed by atoms with Crippen molar-refractivity contribution < 1.29 is 18.3 Å². The van der Waals surface area contributed by atoms with Gasteiger partial charge < -0.3 is 15.2 Å². The molecule has 1 atom stereocenters. The Balaban J connectivity index is 2.70. The molecule has 0 spiro atoms. The first-order chi connectivity index (χ1) is 9.08. The second-order valence-electron chi connectivity index (χ2n) is 4.17. The number of nitrogens with two attached hydrogens (primary N) is 1. The van der Waals surface area contributed by atoms with Crippen LogP contribution >= 0.6 is 0 Å². The molecule has 19 heavy (non-hydrogen) atoms. The standard InChI is InChI=1S/C13H20F2N2O2/c1-17(7-8-18-2)12(9-16)10-3-5-11(6-4-10)19-13(14)15/h3-6,12-13H,7-9,16H2,1-2H3. The van der Waals surface area contributed by atoms with Crippen LogP contribution in [0.1, 0.15) is 11.6 Å². The van der Waals surface area contributed by atoms with Gasteiger partial charge in [0.05, 0.1) is 6.61 Å². The lowest BCUT2D eigenvalue weighted by Crippen LogP contribution is -2.32. The van der Waals surface area contributed by atoms with Crippen molar-refractivity contribution in [3.8, 4) is 5.75 Å². The number of nitrogens with zero attached hydrogens (tertiary/aromatic N) is 1. The summed E-state index contributed by atoms with van der Waals surface area (Å²) in [5.74, 6) is 0.147. The molecule has 0 aliphatic rings. The van der Waals surface area contributed by atoms with Gasteiger partial charge in [0.15, 0.2) is 0 Å². The molecule has 0 fully saturated rings. The Morgan fingerprint density at radius 2 is 1.89 bits per heavy atom. The summed E-state index contributed by atoms with van der Waals surface area (Å²) in [4.78, 5) is 2.06. The fraction of sp³-hybridized carbons (Fsp3) is 0.538. The number of methoxy groups -OCH3 is 1. The summed E-state index contributed by atoms with van der Waals surface area (Å²) >= 11 is 0. The molecular formula is C13H20F2N2O2. The van der Waals surface area contributed by atoms with Gasteiger partial charge in [-0.1, -0.05) is 12.1 Å². The van der Waals surface area contributed by atoms with E-state index in [1.807, 2.05) is 7.05 Å². The number of ether oxygens (including phenoxy) is 2. The van der Waals surface area contributed by atoms with Crippen LogP contribution in [0.3, 0.4) is 0 Å². The van der Waals surface area contributed by atoms with E-state index in [-0.39, 0.29) is 11.8 Å². The van der Waals surface area contributed by atoms with Crippen LogP contribution in [0.25, 0.3) is 0 Å². The Bertz CT molecular complexity index is 360. The summed E-state index contributed by atoms with van der Waals surface area (Å²) in [5.41, 5.74) is 6.72. The Hall–Kier alpha value is -1.24. The number of hydrogen-bond acceptors (Lipinski definition) is 4. The van der Waals surface area contributed by atoms with Crippen LogP contribution in [0.15, 0.2) is 24.3 Å². The fourth-order valence-corrected chi connectivity index (χ4v) is 1.83. The van der Waals surface area contributed by atoms with Crippen LogP contribution in [0.5, 0.6) is 5.75 Å². The topological polar surface area (TPSA) is 47.7 Å². The summed E-state index contributed by atoms with van der Waals surface area (Å²) in [5, 5.41) is 0. The third-order valence-corrected chi connectivity index (χ3v) is 2.89. The maximum atomic E-state index is 12.0. The van der Waals surface area contributed by atoms with Crippen molar-refractivity contribution in [3.05, 3.63) is 29.8 Å². The Kier molecular flexibility index (Phi) is 6.69. The normalized spacial score (nSPS) is 13.0. The van der Waals surface area contributed by atoms with Gasteiger partial charge in [-0.2, -0.15) is 8.78 Å². The zero-order valence-corrected chi connectivity index (χ0v) is 11.2. The van der Waals surface area contributed by atoms with Crippen LogP contribution in [0.4, 0.5) is 8.78 Å². The molecule has 1 unspecified atom stereocenters. The highest BCUT2D eigenvalue weighted by molar-refractivity contribution is 5.29. The predicted octanol–water partition coefficient (Wildman–Crippen LogP) is 1.87. The molecule has 6 heteroatoms. The summed E-state index contributed by atoms with van der Waals surface area (Å²) in [7, 11) is 3.59. The largest absolute Gasteiger partial charge is 0.435 e. The summed E-state index contributed by atoms with van der Waals surface area (Å²) in [6.45, 7) is -1.01. The first-order valence-corrected chi connectivity index (χ1v) is 6.02. The molecule has 2 N–H and O–H groups in total. The highest BCUT2D eigenvalue weighted by atomic mass is 19.3. The van der Waals surface area contributed by atoms with Gasteiger partial charge in [0.1, 0.15) is 5.75 Å². The lowest BCUT2D eigenvalue weighted by atomic mass is 10.1. The van der Waals surface area contributed by atoms with Crippen molar-refractivity contribution in [2.45, 2.75) is 12.7 Å². The van der Waals surface area contributed by atoms with Gasteiger partial charge >= 0.3 is 6.61 Å². The van der Waals surface area contributed by atoms with Crippen LogP contribution in [0, 0.1) is 0 Å². The van der Waals surface area contributed by atoms with Crippen LogP contribution in [-0.4, -0.2) is 45.4 Å². The van der Waals surface area contributed by atoms with Gasteiger partial charge in [-0.15, -0.1) is 0 Å². The van der Waals surface area contributed by atoms with Crippen LogP contribution in [0.2, 0.25) is 0 Å². The molecular weight excluding hydrogens is 254 g/mol. The minimum Gasteiger partial charge on any atom is -0.435 e. The number of benzene rings is 1. The van der Waals surface area contributed by atoms with Gasteiger partial charge in [0.2, 0.25) is 0 Å². The van der Waals surface area contributed by atoms with Gasteiger partial charge in [0.25, 0.3) is 0 Å². The summed E-state index contributed by atoms with van der Waals surface area (Å²) in [6, 6.07) is 6.57. The second-order valence-corrected chi connectivity index (χ2v) is 4.17. The van der Waals surface area contributed by atoms with E-state index in [4.69, 9.17) is 10.5 Å². The molecule has 1 rings (SSSR count). The minimum atomic E-state index is -2.81. The molecule has 0 saturated carbocycles. The average Bonchev–Trinajstić information content (AvgIpc) is 2.38. The third-order valence-electron chi connectivity index (χ3n) is 2.89. The average molecular weight is 274 g/mol. The van der Waals surface area contributed by atoms with Crippen LogP contribution in [-0.2, 0) is 4.74 Å². The van der Waals surface area contributed by atoms with Gasteiger partial charge in [0, 0.05) is 26.2 Å². The molecule has 1 aromatic carbocycles. The lowest BCUT2D eigenvalue weighted by Gasteiger charge is -2.27. The van der Waals surface area contributed by atoms with E-state index in [1.54, 1.807) is 19.2 Å². The molecule has 0 bridgehead atoms. The number of halogens is 2. The van der Waals surface area contributed by atoms with E-state index >= 15 is 0 Å². The van der Waals surface area contributed by atoms with E-state index in [1.165, 1.54) is 12.1 Å². The molecule has 0 saturated heterocycles. The highest BCUT2D eigenvalue weighted by Gasteiger charge is 2.15. The second kappa shape index (κ2) is 8.04. The summed E-state index contributed by atoms with van der Waals surface area (Å²) in [6.07, 6.45) is 0.